The molecule has 0 aromatic heterocycles. The number of carbonyl (C=O) groups is 3. The Bertz CT molecular complexity index is 1380. The third-order valence-electron chi connectivity index (χ3n) is 6.22. The van der Waals surface area contributed by atoms with Crippen LogP contribution in [0.3, 0.4) is 0 Å². The minimum atomic E-state index is -0.548. The summed E-state index contributed by atoms with van der Waals surface area (Å²) in [6.07, 6.45) is 0. The van der Waals surface area contributed by atoms with Crippen LogP contribution in [0.15, 0.2) is 77.5 Å². The molecule has 0 spiro atoms. The first-order chi connectivity index (χ1) is 17.7. The monoisotopic (exact) mass is 535 g/mol. The summed E-state index contributed by atoms with van der Waals surface area (Å²) in [6.45, 7) is 6.51. The molecule has 0 unspecified atom stereocenters. The number of imide groups is 1. The van der Waals surface area contributed by atoms with Gasteiger partial charge in [-0.25, -0.2) is 0 Å². The first-order valence-electron chi connectivity index (χ1n) is 11.9. The van der Waals surface area contributed by atoms with Crippen LogP contribution >= 0.6 is 23.2 Å². The number of amides is 3. The van der Waals surface area contributed by atoms with Crippen molar-refractivity contribution in [1.29, 1.82) is 0 Å². The highest BCUT2D eigenvalue weighted by atomic mass is 35.5. The highest BCUT2D eigenvalue weighted by molar-refractivity contribution is 6.47. The van der Waals surface area contributed by atoms with Crippen molar-refractivity contribution < 1.29 is 14.4 Å². The van der Waals surface area contributed by atoms with Crippen LogP contribution in [0.2, 0.25) is 5.02 Å². The van der Waals surface area contributed by atoms with Gasteiger partial charge in [0.2, 0.25) is 0 Å². The summed E-state index contributed by atoms with van der Waals surface area (Å²) < 4.78 is 0. The molecule has 190 valence electrons. The van der Waals surface area contributed by atoms with Crippen LogP contribution in [-0.4, -0.2) is 22.6 Å². The number of para-hydroxylation sites is 1. The van der Waals surface area contributed by atoms with Gasteiger partial charge in [0, 0.05) is 22.8 Å². The normalized spacial score (nSPS) is 13.5. The number of carbonyl (C=O) groups excluding carboxylic acids is 3. The fraction of sp³-hybridized carbons (Fsp3) is 0.207. The molecule has 2 N–H and O–H groups in total. The van der Waals surface area contributed by atoms with Gasteiger partial charge in [0.05, 0.1) is 6.54 Å². The van der Waals surface area contributed by atoms with E-state index in [1.54, 1.807) is 48.5 Å². The smallest absolute Gasteiger partial charge is 0.278 e. The Kier molecular flexibility index (Phi) is 8.00. The number of hydrogen-bond acceptors (Lipinski definition) is 4. The van der Waals surface area contributed by atoms with Gasteiger partial charge in [-0.05, 0) is 59.4 Å². The predicted molar refractivity (Wildman–Crippen MR) is 146 cm³/mol. The molecule has 0 radical (unpaired) electrons. The van der Waals surface area contributed by atoms with Gasteiger partial charge < -0.3 is 10.6 Å². The number of anilines is 1. The second-order valence-electron chi connectivity index (χ2n) is 9.21. The van der Waals surface area contributed by atoms with Crippen molar-refractivity contribution in [2.75, 3.05) is 5.32 Å². The Morgan fingerprint density at radius 3 is 2.19 bits per heavy atom. The van der Waals surface area contributed by atoms with Crippen LogP contribution in [0.5, 0.6) is 0 Å². The summed E-state index contributed by atoms with van der Waals surface area (Å²) in [5.41, 5.74) is 5.08. The van der Waals surface area contributed by atoms with E-state index in [4.69, 9.17) is 23.2 Å². The van der Waals surface area contributed by atoms with Gasteiger partial charge in [-0.2, -0.15) is 0 Å². The minimum Gasteiger partial charge on any atom is -0.375 e. The Morgan fingerprint density at radius 1 is 0.892 bits per heavy atom. The van der Waals surface area contributed by atoms with Crippen LogP contribution in [0.4, 0.5) is 5.69 Å². The summed E-state index contributed by atoms with van der Waals surface area (Å²) in [4.78, 5) is 39.4. The molecular formula is C29H27Cl2N3O3. The lowest BCUT2D eigenvalue weighted by molar-refractivity contribution is -0.138. The number of hydrogen-bond donors (Lipinski definition) is 2. The molecule has 0 bridgehead atoms. The third kappa shape index (κ3) is 5.87. The molecule has 1 aliphatic rings. The maximum atomic E-state index is 12.9. The zero-order chi connectivity index (χ0) is 26.7. The van der Waals surface area contributed by atoms with Crippen LogP contribution in [-0.2, 0) is 22.7 Å². The summed E-state index contributed by atoms with van der Waals surface area (Å²) in [7, 11) is 0. The lowest BCUT2D eigenvalue weighted by Gasteiger charge is -2.16. The molecule has 0 atom stereocenters. The molecular weight excluding hydrogens is 509 g/mol. The van der Waals surface area contributed by atoms with Gasteiger partial charge in [-0.15, -0.1) is 0 Å². The van der Waals surface area contributed by atoms with Crippen LogP contribution in [0.1, 0.15) is 52.4 Å². The minimum absolute atomic E-state index is 0.0585. The molecule has 6 nitrogen and oxygen atoms in total. The topological polar surface area (TPSA) is 78.5 Å². The number of halogens is 2. The van der Waals surface area contributed by atoms with Gasteiger partial charge >= 0.3 is 0 Å². The van der Waals surface area contributed by atoms with Gasteiger partial charge in [0.25, 0.3) is 17.7 Å². The van der Waals surface area contributed by atoms with Crippen molar-refractivity contribution in [3.63, 3.8) is 0 Å². The van der Waals surface area contributed by atoms with E-state index in [1.807, 2.05) is 25.1 Å². The third-order valence-corrected chi connectivity index (χ3v) is 6.82. The number of rotatable bonds is 8. The zero-order valence-electron chi connectivity index (χ0n) is 20.8. The first kappa shape index (κ1) is 26.5. The molecule has 3 aromatic rings. The van der Waals surface area contributed by atoms with Gasteiger partial charge in [0.1, 0.15) is 10.7 Å². The van der Waals surface area contributed by atoms with E-state index in [0.29, 0.717) is 10.6 Å². The van der Waals surface area contributed by atoms with E-state index in [1.165, 1.54) is 0 Å². The van der Waals surface area contributed by atoms with Gasteiger partial charge in [-0.3, -0.25) is 19.3 Å². The highest BCUT2D eigenvalue weighted by Gasteiger charge is 2.37. The Hall–Kier alpha value is -3.61. The van der Waals surface area contributed by atoms with Crippen molar-refractivity contribution in [1.82, 2.24) is 10.2 Å². The number of nitrogens with zero attached hydrogens (tertiary/aromatic N) is 1. The molecule has 3 aromatic carbocycles. The fourth-order valence-corrected chi connectivity index (χ4v) is 4.48. The van der Waals surface area contributed by atoms with Crippen LogP contribution < -0.4 is 10.6 Å². The lowest BCUT2D eigenvalue weighted by Crippen LogP contribution is -2.33. The molecule has 0 saturated carbocycles. The lowest BCUT2D eigenvalue weighted by atomic mass is 9.98. The van der Waals surface area contributed by atoms with E-state index >= 15 is 0 Å². The SMILES string of the molecule is Cc1cccc(C(C)C)c1NC(=O)c1ccc(CNC2=C(Cl)C(=O)N(Cc3ccc(Cl)cc3)C2=O)cc1. The van der Waals surface area contributed by atoms with Gasteiger partial charge in [-0.1, -0.05) is 79.5 Å². The molecule has 0 saturated heterocycles. The van der Waals surface area contributed by atoms with Gasteiger partial charge in [0.15, 0.2) is 0 Å². The fourth-order valence-electron chi connectivity index (χ4n) is 4.11. The van der Waals surface area contributed by atoms with E-state index in [9.17, 15) is 14.4 Å². The van der Waals surface area contributed by atoms with E-state index in [0.717, 1.165) is 32.8 Å². The molecule has 0 aliphatic carbocycles. The van der Waals surface area contributed by atoms with Crippen molar-refractivity contribution >= 4 is 46.6 Å². The molecule has 1 aliphatic heterocycles. The van der Waals surface area contributed by atoms with Crippen molar-refractivity contribution in [2.24, 2.45) is 0 Å². The zero-order valence-corrected chi connectivity index (χ0v) is 22.3. The number of nitrogens with one attached hydrogen (secondary N) is 2. The Balaban J connectivity index is 1.39. The number of aryl methyl sites for hydroxylation is 1. The molecule has 4 rings (SSSR count). The molecule has 1 heterocycles. The Labute approximate surface area is 226 Å². The predicted octanol–water partition coefficient (Wildman–Crippen LogP) is 6.13. The Morgan fingerprint density at radius 2 is 1.54 bits per heavy atom. The summed E-state index contributed by atoms with van der Waals surface area (Å²) in [5.74, 6) is -0.957. The maximum absolute atomic E-state index is 12.9. The summed E-state index contributed by atoms with van der Waals surface area (Å²) in [5, 5.41) is 6.45. The average molecular weight is 536 g/mol. The van der Waals surface area contributed by atoms with E-state index < -0.39 is 11.8 Å². The second-order valence-corrected chi connectivity index (χ2v) is 10.0. The maximum Gasteiger partial charge on any atom is 0.278 e. The molecule has 3 amide bonds. The van der Waals surface area contributed by atoms with E-state index in [2.05, 4.69) is 24.5 Å². The molecule has 8 heteroatoms. The standard InChI is InChI=1S/C29H27Cl2N3O3/c1-17(2)23-6-4-5-18(3)25(23)33-27(35)21-11-7-19(8-12-21)15-32-26-24(31)28(36)34(29(26)37)16-20-9-13-22(30)14-10-20/h4-14,17,32H,15-16H2,1-3H3,(H,33,35). The summed E-state index contributed by atoms with van der Waals surface area (Å²) in [6, 6.07) is 19.9. The van der Waals surface area contributed by atoms with Crippen molar-refractivity contribution in [3.8, 4) is 0 Å². The second kappa shape index (κ2) is 11.2. The number of benzene rings is 3. The quantitative estimate of drug-likeness (QED) is 0.340. The summed E-state index contributed by atoms with van der Waals surface area (Å²) >= 11 is 12.1. The van der Waals surface area contributed by atoms with Crippen LogP contribution in [0.25, 0.3) is 0 Å². The van der Waals surface area contributed by atoms with E-state index in [-0.39, 0.29) is 35.6 Å². The van der Waals surface area contributed by atoms with Crippen LogP contribution in [0, 0.1) is 6.92 Å². The highest BCUT2D eigenvalue weighted by Crippen LogP contribution is 2.28. The molecule has 37 heavy (non-hydrogen) atoms. The molecule has 0 fully saturated rings. The van der Waals surface area contributed by atoms with Crippen molar-refractivity contribution in [3.05, 3.63) is 110 Å². The largest absolute Gasteiger partial charge is 0.375 e. The average Bonchev–Trinajstić information content (AvgIpc) is 3.08. The van der Waals surface area contributed by atoms with Crippen molar-refractivity contribution in [2.45, 2.75) is 39.8 Å². The first-order valence-corrected chi connectivity index (χ1v) is 12.7.